The van der Waals surface area contributed by atoms with Crippen molar-refractivity contribution >= 4 is 0 Å². The first-order valence-electron chi connectivity index (χ1n) is 8.05. The van der Waals surface area contributed by atoms with Crippen molar-refractivity contribution in [3.05, 3.63) is 48.0 Å². The zero-order valence-corrected chi connectivity index (χ0v) is 13.3. The molecule has 0 amide bonds. The summed E-state index contributed by atoms with van der Waals surface area (Å²) in [6.07, 6.45) is 8.99. The molecular weight excluding hydrogens is 276 g/mol. The van der Waals surface area contributed by atoms with Crippen molar-refractivity contribution in [2.45, 2.75) is 39.0 Å². The highest BCUT2D eigenvalue weighted by atomic mass is 16.5. The average Bonchev–Trinajstić information content (AvgIpc) is 3.21. The number of rotatable bonds is 6. The van der Waals surface area contributed by atoms with Crippen LogP contribution >= 0.6 is 0 Å². The number of aryl methyl sites for hydroxylation is 1. The zero-order chi connectivity index (χ0) is 15.4. The summed E-state index contributed by atoms with van der Waals surface area (Å²) in [4.78, 5) is 4.07. The summed E-state index contributed by atoms with van der Waals surface area (Å²) in [5.74, 6) is 0.499. The molecule has 22 heavy (non-hydrogen) atoms. The van der Waals surface area contributed by atoms with Crippen LogP contribution in [-0.2, 0) is 11.3 Å². The van der Waals surface area contributed by atoms with E-state index >= 15 is 0 Å². The molecule has 1 saturated heterocycles. The Kier molecular flexibility index (Phi) is 4.85. The number of nitrogens with one attached hydrogen (secondary N) is 1. The molecule has 3 rings (SSSR count). The van der Waals surface area contributed by atoms with Crippen LogP contribution in [0.5, 0.6) is 0 Å². The summed E-state index contributed by atoms with van der Waals surface area (Å²) >= 11 is 0. The number of hydrogen-bond donors (Lipinski definition) is 1. The maximum Gasteiger partial charge on any atom is 0.0896 e. The van der Waals surface area contributed by atoms with E-state index in [2.05, 4.69) is 47.6 Å². The lowest BCUT2D eigenvalue weighted by Crippen LogP contribution is -2.27. The highest BCUT2D eigenvalue weighted by Crippen LogP contribution is 2.34. The van der Waals surface area contributed by atoms with Gasteiger partial charge in [0.15, 0.2) is 0 Å². The van der Waals surface area contributed by atoms with E-state index in [4.69, 9.17) is 4.74 Å². The molecule has 1 fully saturated rings. The summed E-state index contributed by atoms with van der Waals surface area (Å²) in [5, 5.41) is 7.99. The van der Waals surface area contributed by atoms with E-state index in [1.165, 1.54) is 11.1 Å². The lowest BCUT2D eigenvalue weighted by molar-refractivity contribution is 0.0898. The molecule has 5 nitrogen and oxygen atoms in total. The highest BCUT2D eigenvalue weighted by Gasteiger charge is 2.30. The van der Waals surface area contributed by atoms with Crippen LogP contribution < -0.4 is 5.32 Å². The monoisotopic (exact) mass is 300 g/mol. The first kappa shape index (κ1) is 15.2. The fourth-order valence-electron chi connectivity index (χ4n) is 3.01. The van der Waals surface area contributed by atoms with Crippen LogP contribution in [0, 0.1) is 5.92 Å². The van der Waals surface area contributed by atoms with Crippen molar-refractivity contribution < 1.29 is 4.74 Å². The molecule has 118 valence electrons. The lowest BCUT2D eigenvalue weighted by Gasteiger charge is -2.21. The Morgan fingerprint density at radius 2 is 2.23 bits per heavy atom. The van der Waals surface area contributed by atoms with E-state index in [1.54, 1.807) is 0 Å². The minimum absolute atomic E-state index is 0.164. The van der Waals surface area contributed by atoms with Crippen LogP contribution in [0.3, 0.4) is 0 Å². The van der Waals surface area contributed by atoms with E-state index < -0.39 is 0 Å². The van der Waals surface area contributed by atoms with Crippen LogP contribution in [0.2, 0.25) is 0 Å². The number of hydrogen-bond acceptors (Lipinski definition) is 4. The van der Waals surface area contributed by atoms with Gasteiger partial charge in [-0.15, -0.1) is 0 Å². The van der Waals surface area contributed by atoms with Gasteiger partial charge in [-0.1, -0.05) is 0 Å². The maximum atomic E-state index is 5.94. The molecule has 0 saturated carbocycles. The molecule has 2 aromatic rings. The smallest absolute Gasteiger partial charge is 0.0896 e. The lowest BCUT2D eigenvalue weighted by atomic mass is 9.96. The van der Waals surface area contributed by atoms with Gasteiger partial charge in [0.25, 0.3) is 0 Å². The van der Waals surface area contributed by atoms with Gasteiger partial charge in [0.2, 0.25) is 0 Å². The molecule has 0 radical (unpaired) electrons. The number of pyridine rings is 1. The summed E-state index contributed by atoms with van der Waals surface area (Å²) in [5.41, 5.74) is 2.46. The third-order valence-corrected chi connectivity index (χ3v) is 4.41. The molecular formula is C17H24N4O. The minimum atomic E-state index is 0.164. The second-order valence-corrected chi connectivity index (χ2v) is 5.88. The van der Waals surface area contributed by atoms with Crippen LogP contribution in [0.25, 0.3) is 0 Å². The molecule has 5 heteroatoms. The third-order valence-electron chi connectivity index (χ3n) is 4.41. The van der Waals surface area contributed by atoms with E-state index in [0.29, 0.717) is 12.0 Å². The van der Waals surface area contributed by atoms with Gasteiger partial charge in [0.1, 0.15) is 0 Å². The number of nitrogens with zero attached hydrogens (tertiary/aromatic N) is 3. The standard InChI is InChI=1S/C17H24N4O/c1-3-21-12-16(11-20-21)17-15(6-9-22-17)10-19-13(2)14-4-7-18-8-5-14/h4-5,7-8,11-13,15,17,19H,3,6,9-10H2,1-2H3/t13-,15+,17+/m0/s1. The van der Waals surface area contributed by atoms with Crippen LogP contribution in [0.15, 0.2) is 36.9 Å². The Hall–Kier alpha value is -1.72. The van der Waals surface area contributed by atoms with Crippen molar-refractivity contribution in [3.63, 3.8) is 0 Å². The first-order chi connectivity index (χ1) is 10.8. The van der Waals surface area contributed by atoms with Gasteiger partial charge in [0, 0.05) is 55.8 Å². The van der Waals surface area contributed by atoms with E-state index in [1.807, 2.05) is 23.3 Å². The minimum Gasteiger partial charge on any atom is -0.373 e. The van der Waals surface area contributed by atoms with Gasteiger partial charge in [-0.25, -0.2) is 0 Å². The van der Waals surface area contributed by atoms with E-state index in [9.17, 15) is 0 Å². The van der Waals surface area contributed by atoms with Crippen molar-refractivity contribution in [2.75, 3.05) is 13.2 Å². The largest absolute Gasteiger partial charge is 0.373 e. The van der Waals surface area contributed by atoms with Gasteiger partial charge < -0.3 is 10.1 Å². The molecule has 1 N–H and O–H groups in total. The molecule has 0 aliphatic carbocycles. The molecule has 1 aliphatic rings. The predicted molar refractivity (Wildman–Crippen MR) is 85.4 cm³/mol. The van der Waals surface area contributed by atoms with Crippen LogP contribution in [0.4, 0.5) is 0 Å². The van der Waals surface area contributed by atoms with Gasteiger partial charge in [0.05, 0.1) is 12.3 Å². The molecule has 2 aromatic heterocycles. The predicted octanol–water partition coefficient (Wildman–Crippen LogP) is 2.73. The molecule has 1 aliphatic heterocycles. The summed E-state index contributed by atoms with van der Waals surface area (Å²) in [6, 6.07) is 4.44. The SMILES string of the molecule is CCn1cc([C@@H]2OCC[C@@H]2CN[C@@H](C)c2ccncc2)cn1. The summed E-state index contributed by atoms with van der Waals surface area (Å²) in [6.45, 7) is 6.97. The molecule has 0 spiro atoms. The van der Waals surface area contributed by atoms with Gasteiger partial charge in [-0.2, -0.15) is 5.10 Å². The van der Waals surface area contributed by atoms with Crippen LogP contribution in [0.1, 0.15) is 43.5 Å². The Morgan fingerprint density at radius 1 is 1.41 bits per heavy atom. The number of ether oxygens (including phenoxy) is 1. The normalized spacial score (nSPS) is 22.8. The molecule has 0 bridgehead atoms. The second-order valence-electron chi connectivity index (χ2n) is 5.88. The third kappa shape index (κ3) is 3.36. The fraction of sp³-hybridized carbons (Fsp3) is 0.529. The molecule has 3 heterocycles. The topological polar surface area (TPSA) is 52.0 Å². The van der Waals surface area contributed by atoms with Gasteiger partial charge >= 0.3 is 0 Å². The second kappa shape index (κ2) is 7.03. The molecule has 0 unspecified atom stereocenters. The average molecular weight is 300 g/mol. The van der Waals surface area contributed by atoms with Gasteiger partial charge in [-0.3, -0.25) is 9.67 Å². The highest BCUT2D eigenvalue weighted by molar-refractivity contribution is 5.15. The maximum absolute atomic E-state index is 5.94. The van der Waals surface area contributed by atoms with Crippen molar-refractivity contribution in [1.82, 2.24) is 20.1 Å². The van der Waals surface area contributed by atoms with Crippen LogP contribution in [-0.4, -0.2) is 27.9 Å². The van der Waals surface area contributed by atoms with Crippen molar-refractivity contribution in [3.8, 4) is 0 Å². The Balaban J connectivity index is 1.59. The van der Waals surface area contributed by atoms with E-state index in [-0.39, 0.29) is 6.10 Å². The Labute approximate surface area is 131 Å². The van der Waals surface area contributed by atoms with Gasteiger partial charge in [-0.05, 0) is 38.0 Å². The molecule has 0 aromatic carbocycles. The van der Waals surface area contributed by atoms with E-state index in [0.717, 1.165) is 26.1 Å². The number of aromatic nitrogens is 3. The summed E-state index contributed by atoms with van der Waals surface area (Å²) in [7, 11) is 0. The fourth-order valence-corrected chi connectivity index (χ4v) is 3.01. The summed E-state index contributed by atoms with van der Waals surface area (Å²) < 4.78 is 7.90. The van der Waals surface area contributed by atoms with Crippen molar-refractivity contribution in [1.29, 1.82) is 0 Å². The quantitative estimate of drug-likeness (QED) is 0.891. The first-order valence-corrected chi connectivity index (χ1v) is 8.05. The molecule has 3 atom stereocenters. The van der Waals surface area contributed by atoms with Crippen molar-refractivity contribution in [2.24, 2.45) is 5.92 Å². The Bertz CT molecular complexity index is 583. The zero-order valence-electron chi connectivity index (χ0n) is 13.3. The Morgan fingerprint density at radius 3 is 2.95 bits per heavy atom.